The minimum atomic E-state index is 0.854. The Labute approximate surface area is 44.1 Å². The molecule has 0 bridgehead atoms. The summed E-state index contributed by atoms with van der Waals surface area (Å²) in [6.07, 6.45) is 1.20. The topological polar surface area (TPSA) is 38.0 Å². The zero-order valence-corrected chi connectivity index (χ0v) is 4.48. The van der Waals surface area contributed by atoms with Gasteiger partial charge in [0.1, 0.15) is 0 Å². The summed E-state index contributed by atoms with van der Waals surface area (Å²) in [5.74, 6) is 0.894. The van der Waals surface area contributed by atoms with Crippen molar-refractivity contribution in [2.45, 2.75) is 6.42 Å². The molecule has 42 valence electrons. The summed E-state index contributed by atoms with van der Waals surface area (Å²) >= 11 is 0. The Morgan fingerprint density at radius 2 is 2.29 bits per heavy atom. The average Bonchev–Trinajstić information content (AvgIpc) is 1.55. The molecule has 0 unspecified atom stereocenters. The molecule has 0 aromatic rings. The van der Waals surface area contributed by atoms with Crippen molar-refractivity contribution in [1.29, 1.82) is 0 Å². The lowest BCUT2D eigenvalue weighted by molar-refractivity contribution is 0.332. The molecule has 0 saturated carbocycles. The third-order valence-corrected chi connectivity index (χ3v) is 1.44. The molecule has 1 heterocycles. The van der Waals surface area contributed by atoms with Crippen molar-refractivity contribution in [2.24, 2.45) is 11.7 Å². The van der Waals surface area contributed by atoms with Gasteiger partial charge in [0.05, 0.1) is 0 Å². The summed E-state index contributed by atoms with van der Waals surface area (Å²) in [7, 11) is 0. The van der Waals surface area contributed by atoms with E-state index in [4.69, 9.17) is 5.73 Å². The van der Waals surface area contributed by atoms with Crippen molar-refractivity contribution in [3.63, 3.8) is 0 Å². The second kappa shape index (κ2) is 2.28. The summed E-state index contributed by atoms with van der Waals surface area (Å²) in [5.41, 5.74) is 5.31. The molecule has 0 amide bonds. The molecule has 0 aliphatic carbocycles. The van der Waals surface area contributed by atoms with E-state index >= 15 is 0 Å². The van der Waals surface area contributed by atoms with Crippen molar-refractivity contribution in [2.75, 3.05) is 19.6 Å². The number of hydrogen-bond donors (Lipinski definition) is 2. The predicted molar refractivity (Wildman–Crippen MR) is 30.0 cm³/mol. The fourth-order valence-electron chi connectivity index (χ4n) is 0.788. The van der Waals surface area contributed by atoms with E-state index in [0.717, 1.165) is 12.5 Å². The molecular weight excluding hydrogens is 88.1 g/mol. The number of rotatable bonds is 2. The smallest absolute Gasteiger partial charge is 0.000778 e. The highest BCUT2D eigenvalue weighted by atomic mass is 14.9. The van der Waals surface area contributed by atoms with Gasteiger partial charge in [0.25, 0.3) is 0 Å². The number of nitrogens with two attached hydrogens (primary N) is 1. The highest BCUT2D eigenvalue weighted by Crippen LogP contribution is 2.05. The van der Waals surface area contributed by atoms with Crippen molar-refractivity contribution in [3.05, 3.63) is 0 Å². The van der Waals surface area contributed by atoms with E-state index in [1.165, 1.54) is 19.5 Å². The van der Waals surface area contributed by atoms with Crippen LogP contribution < -0.4 is 11.1 Å². The molecule has 7 heavy (non-hydrogen) atoms. The van der Waals surface area contributed by atoms with Gasteiger partial charge in [-0.1, -0.05) is 0 Å². The monoisotopic (exact) mass is 100 g/mol. The summed E-state index contributed by atoms with van der Waals surface area (Å²) in [6, 6.07) is 0. The number of hydrogen-bond acceptors (Lipinski definition) is 2. The maximum atomic E-state index is 5.31. The first-order valence-electron chi connectivity index (χ1n) is 2.84. The Balaban J connectivity index is 1.93. The fourth-order valence-corrected chi connectivity index (χ4v) is 0.788. The van der Waals surface area contributed by atoms with Crippen LogP contribution in [0.25, 0.3) is 0 Å². The van der Waals surface area contributed by atoms with Crippen molar-refractivity contribution < 1.29 is 0 Å². The molecule has 1 aliphatic rings. The lowest BCUT2D eigenvalue weighted by atomic mass is 10.00. The molecule has 0 aromatic carbocycles. The lowest BCUT2D eigenvalue weighted by Crippen LogP contribution is -2.42. The van der Waals surface area contributed by atoms with Crippen LogP contribution in [0.3, 0.4) is 0 Å². The average molecular weight is 100 g/mol. The molecule has 0 spiro atoms. The Morgan fingerprint density at radius 1 is 1.57 bits per heavy atom. The normalized spacial score (nSPS) is 21.9. The van der Waals surface area contributed by atoms with Crippen LogP contribution in [0.5, 0.6) is 0 Å². The molecule has 1 rings (SSSR count). The predicted octanol–water partition coefficient (Wildman–Crippen LogP) is -0.445. The van der Waals surface area contributed by atoms with E-state index in [-0.39, 0.29) is 0 Å². The summed E-state index contributed by atoms with van der Waals surface area (Å²) in [4.78, 5) is 0. The standard InChI is InChI=1S/C5H12N2/c6-2-1-5-3-7-4-5/h5,7H,1-4,6H2. The Kier molecular flexibility index (Phi) is 1.65. The summed E-state index contributed by atoms with van der Waals surface area (Å²) in [6.45, 7) is 3.24. The third kappa shape index (κ3) is 1.14. The van der Waals surface area contributed by atoms with Crippen LogP contribution in [0.4, 0.5) is 0 Å². The molecule has 1 saturated heterocycles. The Hall–Kier alpha value is -0.0800. The second-order valence-corrected chi connectivity index (χ2v) is 2.10. The van der Waals surface area contributed by atoms with Gasteiger partial charge >= 0.3 is 0 Å². The van der Waals surface area contributed by atoms with Crippen LogP contribution >= 0.6 is 0 Å². The van der Waals surface area contributed by atoms with E-state index < -0.39 is 0 Å². The van der Waals surface area contributed by atoms with Gasteiger partial charge in [0, 0.05) is 0 Å². The second-order valence-electron chi connectivity index (χ2n) is 2.10. The molecule has 0 aromatic heterocycles. The van der Waals surface area contributed by atoms with Gasteiger partial charge in [-0.05, 0) is 32.0 Å². The van der Waals surface area contributed by atoms with E-state index in [1.54, 1.807) is 0 Å². The van der Waals surface area contributed by atoms with Gasteiger partial charge in [-0.3, -0.25) is 0 Å². The molecule has 1 aliphatic heterocycles. The maximum absolute atomic E-state index is 5.31. The minimum Gasteiger partial charge on any atom is -0.330 e. The van der Waals surface area contributed by atoms with Crippen molar-refractivity contribution >= 4 is 0 Å². The van der Waals surface area contributed by atoms with E-state index in [0.29, 0.717) is 0 Å². The molecular formula is C5H12N2. The molecule has 2 nitrogen and oxygen atoms in total. The van der Waals surface area contributed by atoms with Gasteiger partial charge in [0.2, 0.25) is 0 Å². The molecule has 3 N–H and O–H groups in total. The first-order chi connectivity index (χ1) is 3.43. The summed E-state index contributed by atoms with van der Waals surface area (Å²) < 4.78 is 0. The van der Waals surface area contributed by atoms with Crippen LogP contribution in [0.1, 0.15) is 6.42 Å². The SMILES string of the molecule is NCCC1CNC1. The third-order valence-electron chi connectivity index (χ3n) is 1.44. The van der Waals surface area contributed by atoms with Crippen LogP contribution in [0.2, 0.25) is 0 Å². The minimum absolute atomic E-state index is 0.854. The lowest BCUT2D eigenvalue weighted by Gasteiger charge is -2.26. The highest BCUT2D eigenvalue weighted by molar-refractivity contribution is 4.73. The molecule has 0 radical (unpaired) electrons. The van der Waals surface area contributed by atoms with Crippen LogP contribution in [-0.4, -0.2) is 19.6 Å². The van der Waals surface area contributed by atoms with Crippen LogP contribution in [-0.2, 0) is 0 Å². The zero-order valence-electron chi connectivity index (χ0n) is 4.48. The van der Waals surface area contributed by atoms with Gasteiger partial charge in [-0.2, -0.15) is 0 Å². The van der Waals surface area contributed by atoms with Gasteiger partial charge in [0.15, 0.2) is 0 Å². The van der Waals surface area contributed by atoms with Crippen molar-refractivity contribution in [3.8, 4) is 0 Å². The quantitative estimate of drug-likeness (QED) is 0.493. The number of nitrogens with one attached hydrogen (secondary N) is 1. The van der Waals surface area contributed by atoms with Gasteiger partial charge in [-0.15, -0.1) is 0 Å². The van der Waals surface area contributed by atoms with Crippen LogP contribution in [0.15, 0.2) is 0 Å². The molecule has 0 atom stereocenters. The van der Waals surface area contributed by atoms with Crippen LogP contribution in [0, 0.1) is 5.92 Å². The summed E-state index contributed by atoms with van der Waals surface area (Å²) in [5, 5.41) is 3.19. The Morgan fingerprint density at radius 3 is 2.43 bits per heavy atom. The Bertz CT molecular complexity index is 50.0. The molecule has 1 fully saturated rings. The van der Waals surface area contributed by atoms with E-state index in [1.807, 2.05) is 0 Å². The van der Waals surface area contributed by atoms with Gasteiger partial charge in [-0.25, -0.2) is 0 Å². The maximum Gasteiger partial charge on any atom is -0.000778 e. The highest BCUT2D eigenvalue weighted by Gasteiger charge is 2.14. The first kappa shape index (κ1) is 5.06. The van der Waals surface area contributed by atoms with E-state index in [9.17, 15) is 0 Å². The largest absolute Gasteiger partial charge is 0.330 e. The fraction of sp³-hybridized carbons (Fsp3) is 1.00. The first-order valence-corrected chi connectivity index (χ1v) is 2.84. The molecule has 2 heteroatoms. The van der Waals surface area contributed by atoms with Crippen molar-refractivity contribution in [1.82, 2.24) is 5.32 Å². The zero-order chi connectivity index (χ0) is 5.11. The van der Waals surface area contributed by atoms with Gasteiger partial charge < -0.3 is 11.1 Å². The van der Waals surface area contributed by atoms with E-state index in [2.05, 4.69) is 5.32 Å².